The van der Waals surface area contributed by atoms with Crippen LogP contribution in [0.4, 0.5) is 0 Å². The fourth-order valence-corrected chi connectivity index (χ4v) is 1.04. The van der Waals surface area contributed by atoms with Gasteiger partial charge in [0.2, 0.25) is 0 Å². The number of rotatable bonds is 3. The van der Waals surface area contributed by atoms with Crippen LogP contribution in [0.25, 0.3) is 0 Å². The number of halogens is 1. The Morgan fingerprint density at radius 2 is 2.36 bits per heavy atom. The lowest BCUT2D eigenvalue weighted by Gasteiger charge is -2.03. The standard InChI is InChI=1S/C9H10ClNO3/c1-2-3-9(13)14-7-4-8(12)11-5-6(7)10/h4-5H,2-3H2,1H3,(H,11,12). The number of H-pyrrole nitrogens is 1. The fraction of sp³-hybridized carbons (Fsp3) is 0.333. The van der Waals surface area contributed by atoms with Crippen LogP contribution in [-0.4, -0.2) is 11.0 Å². The van der Waals surface area contributed by atoms with Crippen LogP contribution in [0.2, 0.25) is 5.02 Å². The summed E-state index contributed by atoms with van der Waals surface area (Å²) in [5.74, 6) is -0.283. The number of esters is 1. The summed E-state index contributed by atoms with van der Waals surface area (Å²) in [5, 5.41) is 0.217. The predicted octanol–water partition coefficient (Wildman–Crippen LogP) is 1.73. The van der Waals surface area contributed by atoms with Crippen LogP contribution >= 0.6 is 11.6 Å². The van der Waals surface area contributed by atoms with E-state index in [0.29, 0.717) is 12.8 Å². The van der Waals surface area contributed by atoms with Crippen molar-refractivity contribution < 1.29 is 9.53 Å². The Balaban J connectivity index is 2.80. The van der Waals surface area contributed by atoms with Crippen LogP contribution in [0.1, 0.15) is 19.8 Å². The van der Waals surface area contributed by atoms with Gasteiger partial charge in [0.15, 0.2) is 5.75 Å². The zero-order chi connectivity index (χ0) is 10.6. The molecule has 1 aromatic heterocycles. The molecule has 1 N–H and O–H groups in total. The Kier molecular flexibility index (Phi) is 3.71. The summed E-state index contributed by atoms with van der Waals surface area (Å²) in [6, 6.07) is 1.15. The molecule has 0 saturated heterocycles. The lowest BCUT2D eigenvalue weighted by atomic mass is 10.3. The predicted molar refractivity (Wildman–Crippen MR) is 52.6 cm³/mol. The largest absolute Gasteiger partial charge is 0.425 e. The van der Waals surface area contributed by atoms with E-state index in [1.807, 2.05) is 6.92 Å². The van der Waals surface area contributed by atoms with Crippen LogP contribution in [0.15, 0.2) is 17.1 Å². The Bertz CT molecular complexity index is 386. The molecule has 0 aromatic carbocycles. The van der Waals surface area contributed by atoms with Crippen molar-refractivity contribution in [3.8, 4) is 5.75 Å². The van der Waals surface area contributed by atoms with Crippen LogP contribution in [-0.2, 0) is 4.79 Å². The number of carbonyl (C=O) groups is 1. The van der Waals surface area contributed by atoms with Gasteiger partial charge in [-0.1, -0.05) is 18.5 Å². The average Bonchev–Trinajstić information content (AvgIpc) is 2.12. The highest BCUT2D eigenvalue weighted by atomic mass is 35.5. The van der Waals surface area contributed by atoms with Gasteiger partial charge in [-0.25, -0.2) is 0 Å². The molecular weight excluding hydrogens is 206 g/mol. The highest BCUT2D eigenvalue weighted by Gasteiger charge is 2.07. The summed E-state index contributed by atoms with van der Waals surface area (Å²) in [7, 11) is 0. The summed E-state index contributed by atoms with van der Waals surface area (Å²) < 4.78 is 4.88. The van der Waals surface area contributed by atoms with Crippen molar-refractivity contribution in [3.05, 3.63) is 27.6 Å². The highest BCUT2D eigenvalue weighted by molar-refractivity contribution is 6.32. The smallest absolute Gasteiger partial charge is 0.311 e. The van der Waals surface area contributed by atoms with E-state index in [9.17, 15) is 9.59 Å². The first-order valence-corrected chi connectivity index (χ1v) is 4.60. The molecule has 0 aliphatic heterocycles. The molecule has 1 aromatic rings. The molecule has 1 rings (SSSR count). The Labute approximate surface area is 85.9 Å². The minimum Gasteiger partial charge on any atom is -0.425 e. The van der Waals surface area contributed by atoms with Gasteiger partial charge in [-0.15, -0.1) is 0 Å². The number of nitrogens with one attached hydrogen (secondary N) is 1. The van der Waals surface area contributed by atoms with Crippen molar-refractivity contribution in [2.24, 2.45) is 0 Å². The molecule has 5 heteroatoms. The van der Waals surface area contributed by atoms with Gasteiger partial charge in [0.1, 0.15) is 0 Å². The number of carbonyl (C=O) groups excluding carboxylic acids is 1. The quantitative estimate of drug-likeness (QED) is 0.782. The third-order valence-electron chi connectivity index (χ3n) is 1.52. The van der Waals surface area contributed by atoms with Gasteiger partial charge in [-0.2, -0.15) is 0 Å². The third kappa shape index (κ3) is 2.88. The molecule has 0 aliphatic rings. The summed E-state index contributed by atoms with van der Waals surface area (Å²) >= 11 is 5.69. The second kappa shape index (κ2) is 4.81. The maximum absolute atomic E-state index is 11.1. The number of hydrogen-bond donors (Lipinski definition) is 1. The number of hydrogen-bond acceptors (Lipinski definition) is 3. The fourth-order valence-electron chi connectivity index (χ4n) is 0.891. The van der Waals surface area contributed by atoms with Crippen molar-refractivity contribution in [3.63, 3.8) is 0 Å². The second-order valence-corrected chi connectivity index (χ2v) is 3.14. The molecule has 0 spiro atoms. The Morgan fingerprint density at radius 1 is 1.64 bits per heavy atom. The second-order valence-electron chi connectivity index (χ2n) is 2.73. The zero-order valence-electron chi connectivity index (χ0n) is 7.67. The first-order chi connectivity index (χ1) is 6.63. The van der Waals surface area contributed by atoms with E-state index in [2.05, 4.69) is 4.98 Å². The van der Waals surface area contributed by atoms with E-state index in [1.165, 1.54) is 6.20 Å². The monoisotopic (exact) mass is 215 g/mol. The molecule has 14 heavy (non-hydrogen) atoms. The minimum atomic E-state index is -0.389. The SMILES string of the molecule is CCCC(=O)Oc1cc(=O)[nH]cc1Cl. The number of pyridine rings is 1. The van der Waals surface area contributed by atoms with E-state index >= 15 is 0 Å². The van der Waals surface area contributed by atoms with Gasteiger partial charge < -0.3 is 9.72 Å². The van der Waals surface area contributed by atoms with Crippen LogP contribution in [0.5, 0.6) is 5.75 Å². The first-order valence-electron chi connectivity index (χ1n) is 4.22. The molecule has 0 atom stereocenters. The van der Waals surface area contributed by atoms with Crippen LogP contribution in [0, 0.1) is 0 Å². The van der Waals surface area contributed by atoms with E-state index in [1.54, 1.807) is 0 Å². The lowest BCUT2D eigenvalue weighted by molar-refractivity contribution is -0.134. The summed E-state index contributed by atoms with van der Waals surface area (Å²) in [6.45, 7) is 1.86. The molecular formula is C9H10ClNO3. The molecule has 0 unspecified atom stereocenters. The molecule has 76 valence electrons. The molecule has 0 saturated carbocycles. The maximum atomic E-state index is 11.1. The topological polar surface area (TPSA) is 59.2 Å². The van der Waals surface area contributed by atoms with Crippen LogP contribution in [0.3, 0.4) is 0 Å². The van der Waals surface area contributed by atoms with Crippen molar-refractivity contribution in [2.45, 2.75) is 19.8 Å². The molecule has 0 fully saturated rings. The Morgan fingerprint density at radius 3 is 3.00 bits per heavy atom. The van der Waals surface area contributed by atoms with E-state index in [0.717, 1.165) is 6.07 Å². The number of aromatic nitrogens is 1. The van der Waals surface area contributed by atoms with Gasteiger partial charge in [-0.05, 0) is 6.42 Å². The lowest BCUT2D eigenvalue weighted by Crippen LogP contribution is -2.10. The Hall–Kier alpha value is -1.29. The summed E-state index contributed by atoms with van der Waals surface area (Å²) in [4.78, 5) is 24.3. The molecule has 0 amide bonds. The van der Waals surface area contributed by atoms with E-state index in [4.69, 9.17) is 16.3 Å². The normalized spacial score (nSPS) is 9.86. The minimum absolute atomic E-state index is 0.105. The van der Waals surface area contributed by atoms with E-state index in [-0.39, 0.29) is 22.3 Å². The average molecular weight is 216 g/mol. The first kappa shape index (κ1) is 10.8. The number of aromatic amines is 1. The van der Waals surface area contributed by atoms with Crippen molar-refractivity contribution in [2.75, 3.05) is 0 Å². The van der Waals surface area contributed by atoms with Gasteiger partial charge in [0, 0.05) is 18.7 Å². The van der Waals surface area contributed by atoms with Crippen molar-refractivity contribution >= 4 is 17.6 Å². The molecule has 0 radical (unpaired) electrons. The van der Waals surface area contributed by atoms with E-state index < -0.39 is 0 Å². The highest BCUT2D eigenvalue weighted by Crippen LogP contribution is 2.20. The molecule has 1 heterocycles. The van der Waals surface area contributed by atoms with Gasteiger partial charge in [0.25, 0.3) is 5.56 Å². The zero-order valence-corrected chi connectivity index (χ0v) is 8.43. The number of ether oxygens (including phenoxy) is 1. The maximum Gasteiger partial charge on any atom is 0.311 e. The summed E-state index contributed by atoms with van der Waals surface area (Å²) in [5.41, 5.74) is -0.353. The molecule has 4 nitrogen and oxygen atoms in total. The molecule has 0 aliphatic carbocycles. The summed E-state index contributed by atoms with van der Waals surface area (Å²) in [6.07, 6.45) is 2.29. The third-order valence-corrected chi connectivity index (χ3v) is 1.81. The van der Waals surface area contributed by atoms with Gasteiger partial charge in [-0.3, -0.25) is 9.59 Å². The van der Waals surface area contributed by atoms with Crippen molar-refractivity contribution in [1.29, 1.82) is 0 Å². The molecule has 0 bridgehead atoms. The van der Waals surface area contributed by atoms with Gasteiger partial charge >= 0.3 is 5.97 Å². The van der Waals surface area contributed by atoms with Gasteiger partial charge in [0.05, 0.1) is 5.02 Å². The van der Waals surface area contributed by atoms with Crippen LogP contribution < -0.4 is 10.3 Å². The van der Waals surface area contributed by atoms with Crippen molar-refractivity contribution in [1.82, 2.24) is 4.98 Å².